The van der Waals surface area contributed by atoms with Gasteiger partial charge in [-0.3, -0.25) is 9.59 Å². The van der Waals surface area contributed by atoms with Gasteiger partial charge in [0.2, 0.25) is 0 Å². The van der Waals surface area contributed by atoms with E-state index in [4.69, 9.17) is 19.3 Å². The highest BCUT2D eigenvalue weighted by Gasteiger charge is 2.27. The van der Waals surface area contributed by atoms with E-state index in [1.54, 1.807) is 30.3 Å². The smallest absolute Gasteiger partial charge is 0.343 e. The van der Waals surface area contributed by atoms with Crippen LogP contribution in [0.15, 0.2) is 54.6 Å². The van der Waals surface area contributed by atoms with Crippen LogP contribution >= 0.6 is 0 Å². The fraction of sp³-hybridized carbons (Fsp3) is 0.514. The molecule has 8 nitrogen and oxygen atoms in total. The molecule has 1 N–H and O–H groups in total. The SMILES string of the molecule is CCCCCCCCCOC(=O)C(/C=C/c1ccc(C(=O)Oc2ccc(C(=O)O)cc2)cc1)C(=O)OCCCCCCCCC. The third-order valence-electron chi connectivity index (χ3n) is 7.43. The van der Waals surface area contributed by atoms with Gasteiger partial charge in [-0.1, -0.05) is 115 Å². The van der Waals surface area contributed by atoms with Crippen LogP contribution in [0.1, 0.15) is 130 Å². The number of hydrogen-bond acceptors (Lipinski definition) is 7. The van der Waals surface area contributed by atoms with Gasteiger partial charge in [0.1, 0.15) is 5.75 Å². The minimum atomic E-state index is -1.18. The zero-order valence-corrected chi connectivity index (χ0v) is 27.0. The predicted octanol–water partition coefficient (Wildman–Crippen LogP) is 8.82. The van der Waals surface area contributed by atoms with Gasteiger partial charge in [-0.25, -0.2) is 9.59 Å². The molecule has 8 heteroatoms. The van der Waals surface area contributed by atoms with E-state index in [0.717, 1.165) is 38.5 Å². The molecule has 0 atom stereocenters. The number of rotatable bonds is 23. The van der Waals surface area contributed by atoms with Crippen LogP contribution in [-0.2, 0) is 19.1 Å². The van der Waals surface area contributed by atoms with Crippen molar-refractivity contribution in [3.05, 3.63) is 71.3 Å². The van der Waals surface area contributed by atoms with Crippen LogP contribution in [0.25, 0.3) is 6.08 Å². The Morgan fingerprint density at radius 1 is 0.622 bits per heavy atom. The number of benzene rings is 2. The molecular weight excluding hydrogens is 572 g/mol. The molecule has 45 heavy (non-hydrogen) atoms. The van der Waals surface area contributed by atoms with Gasteiger partial charge >= 0.3 is 23.9 Å². The van der Waals surface area contributed by atoms with Crippen LogP contribution in [-0.4, -0.2) is 42.2 Å². The van der Waals surface area contributed by atoms with Crippen molar-refractivity contribution in [3.63, 3.8) is 0 Å². The van der Waals surface area contributed by atoms with Crippen LogP contribution in [0.3, 0.4) is 0 Å². The predicted molar refractivity (Wildman–Crippen MR) is 175 cm³/mol. The number of hydrogen-bond donors (Lipinski definition) is 1. The fourth-order valence-corrected chi connectivity index (χ4v) is 4.67. The normalized spacial score (nSPS) is 11.1. The van der Waals surface area contributed by atoms with Gasteiger partial charge in [-0.05, 0) is 54.8 Å². The Bertz CT molecular complexity index is 1150. The molecule has 0 heterocycles. The summed E-state index contributed by atoms with van der Waals surface area (Å²) in [5.41, 5.74) is 1.05. The minimum Gasteiger partial charge on any atom is -0.478 e. The quantitative estimate of drug-likeness (QED) is 0.0566. The summed E-state index contributed by atoms with van der Waals surface area (Å²) in [5.74, 6) is -3.89. The molecule has 0 aliphatic rings. The van der Waals surface area contributed by atoms with Gasteiger partial charge in [0.15, 0.2) is 5.92 Å². The van der Waals surface area contributed by atoms with Crippen molar-refractivity contribution < 1.29 is 38.5 Å². The van der Waals surface area contributed by atoms with Crippen LogP contribution < -0.4 is 4.74 Å². The van der Waals surface area contributed by atoms with E-state index in [1.807, 2.05) is 0 Å². The topological polar surface area (TPSA) is 116 Å². The number of carbonyl (C=O) groups is 4. The van der Waals surface area contributed by atoms with Crippen LogP contribution in [0.4, 0.5) is 0 Å². The summed E-state index contributed by atoms with van der Waals surface area (Å²) >= 11 is 0. The average molecular weight is 623 g/mol. The van der Waals surface area contributed by atoms with Crippen molar-refractivity contribution in [1.82, 2.24) is 0 Å². The van der Waals surface area contributed by atoms with E-state index < -0.39 is 29.8 Å². The Morgan fingerprint density at radius 2 is 1.07 bits per heavy atom. The van der Waals surface area contributed by atoms with E-state index >= 15 is 0 Å². The third kappa shape index (κ3) is 15.6. The first-order valence-electron chi connectivity index (χ1n) is 16.5. The molecule has 2 aromatic carbocycles. The van der Waals surface area contributed by atoms with Crippen molar-refractivity contribution >= 4 is 30.0 Å². The van der Waals surface area contributed by atoms with Gasteiger partial charge in [0.05, 0.1) is 24.3 Å². The number of esters is 3. The lowest BCUT2D eigenvalue weighted by atomic mass is 10.1. The van der Waals surface area contributed by atoms with Gasteiger partial charge in [-0.15, -0.1) is 0 Å². The molecule has 2 rings (SSSR count). The molecule has 0 aliphatic heterocycles. The largest absolute Gasteiger partial charge is 0.478 e. The molecule has 2 aromatic rings. The molecule has 0 spiro atoms. The maximum Gasteiger partial charge on any atom is 0.343 e. The Morgan fingerprint density at radius 3 is 1.53 bits per heavy atom. The molecule has 0 saturated heterocycles. The number of unbranched alkanes of at least 4 members (excludes halogenated alkanes) is 12. The Kier molecular flexibility index (Phi) is 18.7. The molecule has 0 bridgehead atoms. The summed E-state index contributed by atoms with van der Waals surface area (Å²) in [4.78, 5) is 49.4. The van der Waals surface area contributed by atoms with Crippen LogP contribution in [0, 0.1) is 5.92 Å². The van der Waals surface area contributed by atoms with Gasteiger partial charge < -0.3 is 19.3 Å². The molecule has 0 aromatic heterocycles. The highest BCUT2D eigenvalue weighted by atomic mass is 16.6. The van der Waals surface area contributed by atoms with Crippen LogP contribution in [0.5, 0.6) is 5.75 Å². The highest BCUT2D eigenvalue weighted by Crippen LogP contribution is 2.17. The van der Waals surface area contributed by atoms with E-state index in [9.17, 15) is 19.2 Å². The average Bonchev–Trinajstić information content (AvgIpc) is 3.04. The van der Waals surface area contributed by atoms with E-state index in [1.165, 1.54) is 81.7 Å². The summed E-state index contributed by atoms with van der Waals surface area (Å²) in [6.07, 6.45) is 18.4. The lowest BCUT2D eigenvalue weighted by molar-refractivity contribution is -0.159. The molecule has 0 saturated carbocycles. The lowest BCUT2D eigenvalue weighted by Crippen LogP contribution is -2.27. The van der Waals surface area contributed by atoms with Crippen molar-refractivity contribution in [1.29, 1.82) is 0 Å². The van der Waals surface area contributed by atoms with E-state index in [2.05, 4.69) is 13.8 Å². The second-order valence-electron chi connectivity index (χ2n) is 11.3. The number of carboxylic acid groups (broad SMARTS) is 1. The first-order chi connectivity index (χ1) is 21.8. The lowest BCUT2D eigenvalue weighted by Gasteiger charge is -2.13. The number of ether oxygens (including phenoxy) is 3. The van der Waals surface area contributed by atoms with Crippen LogP contribution in [0.2, 0.25) is 0 Å². The van der Waals surface area contributed by atoms with Gasteiger partial charge in [0.25, 0.3) is 0 Å². The van der Waals surface area contributed by atoms with Crippen molar-refractivity contribution in [3.8, 4) is 5.75 Å². The molecule has 0 fully saturated rings. The highest BCUT2D eigenvalue weighted by molar-refractivity contribution is 5.98. The summed E-state index contributed by atoms with van der Waals surface area (Å²) in [6, 6.07) is 12.0. The molecule has 0 amide bonds. The Hall–Kier alpha value is -3.94. The first-order valence-corrected chi connectivity index (χ1v) is 16.5. The minimum absolute atomic E-state index is 0.0904. The summed E-state index contributed by atoms with van der Waals surface area (Å²) in [6.45, 7) is 4.89. The molecule has 246 valence electrons. The molecule has 0 unspecified atom stereocenters. The monoisotopic (exact) mass is 622 g/mol. The number of carboxylic acids is 1. The zero-order chi connectivity index (χ0) is 32.7. The van der Waals surface area contributed by atoms with E-state index in [-0.39, 0.29) is 30.1 Å². The molecule has 0 aliphatic carbocycles. The zero-order valence-electron chi connectivity index (χ0n) is 27.0. The van der Waals surface area contributed by atoms with Crippen molar-refractivity contribution in [2.24, 2.45) is 5.92 Å². The molecule has 0 radical (unpaired) electrons. The first kappa shape index (κ1) is 37.2. The summed E-state index contributed by atoms with van der Waals surface area (Å²) in [7, 11) is 0. The van der Waals surface area contributed by atoms with Crippen molar-refractivity contribution in [2.45, 2.75) is 104 Å². The second kappa shape index (κ2) is 22.6. The van der Waals surface area contributed by atoms with Gasteiger partial charge in [-0.2, -0.15) is 0 Å². The van der Waals surface area contributed by atoms with Crippen molar-refractivity contribution in [2.75, 3.05) is 13.2 Å². The maximum atomic E-state index is 12.9. The number of aromatic carboxylic acids is 1. The molecular formula is C37H50O8. The summed E-state index contributed by atoms with van der Waals surface area (Å²) < 4.78 is 16.3. The Balaban J connectivity index is 1.94. The maximum absolute atomic E-state index is 12.9. The number of carbonyl (C=O) groups excluding carboxylic acids is 3. The summed E-state index contributed by atoms with van der Waals surface area (Å²) in [5, 5.41) is 9.01. The fourth-order valence-electron chi connectivity index (χ4n) is 4.67. The second-order valence-corrected chi connectivity index (χ2v) is 11.3. The Labute approximate surface area is 268 Å². The van der Waals surface area contributed by atoms with E-state index in [0.29, 0.717) is 5.56 Å². The standard InChI is InChI=1S/C37H50O8/c1-3-5-7-9-11-13-15-27-43-36(41)33(37(42)44-28-16-14-12-10-8-6-4-2)26-19-29-17-20-31(21-18-29)35(40)45-32-24-22-30(23-25-32)34(38)39/h17-26,33H,3-16,27-28H2,1-2H3,(H,38,39)/b26-19+. The third-order valence-corrected chi connectivity index (χ3v) is 7.43. The van der Waals surface area contributed by atoms with Gasteiger partial charge in [0, 0.05) is 0 Å².